The van der Waals surface area contributed by atoms with Gasteiger partial charge in [0.2, 0.25) is 5.91 Å². The molecule has 1 amide bonds. The third kappa shape index (κ3) is 4.87. The van der Waals surface area contributed by atoms with Gasteiger partial charge in [0.05, 0.1) is 10.8 Å². The second-order valence-electron chi connectivity index (χ2n) is 6.99. The van der Waals surface area contributed by atoms with Crippen molar-refractivity contribution in [3.63, 3.8) is 0 Å². The fourth-order valence-corrected chi connectivity index (χ4v) is 4.53. The second-order valence-corrected chi connectivity index (χ2v) is 8.64. The summed E-state index contributed by atoms with van der Waals surface area (Å²) in [5, 5.41) is 6.06. The molecule has 6 nitrogen and oxygen atoms in total. The van der Waals surface area contributed by atoms with E-state index in [4.69, 9.17) is 0 Å². The van der Waals surface area contributed by atoms with Gasteiger partial charge >= 0.3 is 0 Å². The van der Waals surface area contributed by atoms with Crippen LogP contribution in [0.5, 0.6) is 0 Å². The van der Waals surface area contributed by atoms with E-state index >= 15 is 0 Å². The van der Waals surface area contributed by atoms with Crippen LogP contribution in [0.25, 0.3) is 0 Å². The number of hydrogen-bond acceptors (Lipinski definition) is 4. The molecule has 0 saturated carbocycles. The summed E-state index contributed by atoms with van der Waals surface area (Å²) in [6.07, 6.45) is 1.80. The van der Waals surface area contributed by atoms with Gasteiger partial charge in [-0.25, -0.2) is 8.42 Å². The van der Waals surface area contributed by atoms with Gasteiger partial charge in [0, 0.05) is 17.9 Å². The second kappa shape index (κ2) is 8.10. The summed E-state index contributed by atoms with van der Waals surface area (Å²) in [6, 6.07) is 12.1. The van der Waals surface area contributed by atoms with Crippen LogP contribution in [0.2, 0.25) is 0 Å². The van der Waals surface area contributed by atoms with Gasteiger partial charge < -0.3 is 10.6 Å². The largest absolute Gasteiger partial charge is 0.326 e. The number of anilines is 2. The predicted octanol–water partition coefficient (Wildman–Crippen LogP) is 3.04. The van der Waals surface area contributed by atoms with Gasteiger partial charge in [-0.05, 0) is 68.6 Å². The van der Waals surface area contributed by atoms with Crippen molar-refractivity contribution in [2.45, 2.75) is 31.6 Å². The van der Waals surface area contributed by atoms with Crippen molar-refractivity contribution >= 4 is 27.3 Å². The summed E-state index contributed by atoms with van der Waals surface area (Å²) in [4.78, 5) is 12.6. The maximum Gasteiger partial charge on any atom is 0.262 e. The molecule has 27 heavy (non-hydrogen) atoms. The average Bonchev–Trinajstić information content (AvgIpc) is 2.63. The molecule has 1 unspecified atom stereocenters. The van der Waals surface area contributed by atoms with Crippen LogP contribution in [0.15, 0.2) is 47.4 Å². The number of aryl methyl sites for hydroxylation is 2. The third-order valence-corrected chi connectivity index (χ3v) is 6.21. The maximum atomic E-state index is 12.8. The van der Waals surface area contributed by atoms with E-state index in [9.17, 15) is 13.2 Å². The summed E-state index contributed by atoms with van der Waals surface area (Å²) >= 11 is 0. The van der Waals surface area contributed by atoms with Gasteiger partial charge in [-0.1, -0.05) is 18.2 Å². The Labute approximate surface area is 160 Å². The standard InChI is InChI=1S/C20H25N3O3S/c1-14-5-3-7-18(11-14)23-27(25,26)19-12-17(9-8-15(19)2)22-20(24)16-6-4-10-21-13-16/h3,5,7-9,11-12,16,21,23H,4,6,10,13H2,1-2H3,(H,22,24). The minimum Gasteiger partial charge on any atom is -0.326 e. The summed E-state index contributed by atoms with van der Waals surface area (Å²) in [6.45, 7) is 5.22. The zero-order chi connectivity index (χ0) is 19.4. The number of nitrogens with one attached hydrogen (secondary N) is 3. The molecule has 3 rings (SSSR count). The molecule has 7 heteroatoms. The van der Waals surface area contributed by atoms with Crippen molar-refractivity contribution < 1.29 is 13.2 Å². The Morgan fingerprint density at radius 2 is 1.93 bits per heavy atom. The minimum absolute atomic E-state index is 0.0824. The van der Waals surface area contributed by atoms with Crippen LogP contribution in [-0.2, 0) is 14.8 Å². The molecule has 1 aliphatic heterocycles. The predicted molar refractivity (Wildman–Crippen MR) is 107 cm³/mol. The van der Waals surface area contributed by atoms with E-state index in [2.05, 4.69) is 15.4 Å². The van der Waals surface area contributed by atoms with E-state index in [-0.39, 0.29) is 16.7 Å². The molecule has 1 atom stereocenters. The highest BCUT2D eigenvalue weighted by atomic mass is 32.2. The quantitative estimate of drug-likeness (QED) is 0.736. The first-order valence-electron chi connectivity index (χ1n) is 9.07. The van der Waals surface area contributed by atoms with Crippen LogP contribution in [0.1, 0.15) is 24.0 Å². The zero-order valence-electron chi connectivity index (χ0n) is 15.6. The highest BCUT2D eigenvalue weighted by Gasteiger charge is 2.22. The van der Waals surface area contributed by atoms with Crippen LogP contribution in [0, 0.1) is 19.8 Å². The molecule has 1 fully saturated rings. The lowest BCUT2D eigenvalue weighted by atomic mass is 9.99. The first-order chi connectivity index (χ1) is 12.8. The van der Waals surface area contributed by atoms with Crippen LogP contribution in [0.3, 0.4) is 0 Å². The minimum atomic E-state index is -3.76. The lowest BCUT2D eigenvalue weighted by Gasteiger charge is -2.22. The molecule has 1 saturated heterocycles. The Morgan fingerprint density at radius 1 is 1.11 bits per heavy atom. The molecular formula is C20H25N3O3S. The fraction of sp³-hybridized carbons (Fsp3) is 0.350. The van der Waals surface area contributed by atoms with Crippen molar-refractivity contribution in [2.24, 2.45) is 5.92 Å². The maximum absolute atomic E-state index is 12.8. The van der Waals surface area contributed by atoms with Gasteiger partial charge in [-0.2, -0.15) is 0 Å². The number of rotatable bonds is 5. The summed E-state index contributed by atoms with van der Waals surface area (Å²) in [5.74, 6) is -0.174. The smallest absolute Gasteiger partial charge is 0.262 e. The summed E-state index contributed by atoms with van der Waals surface area (Å²) in [5.41, 5.74) is 2.58. The summed E-state index contributed by atoms with van der Waals surface area (Å²) < 4.78 is 28.3. The SMILES string of the molecule is Cc1cccc(NS(=O)(=O)c2cc(NC(=O)C3CCCNC3)ccc2C)c1. The van der Waals surface area contributed by atoms with Crippen molar-refractivity contribution in [3.05, 3.63) is 53.6 Å². The molecular weight excluding hydrogens is 362 g/mol. The van der Waals surface area contributed by atoms with Crippen LogP contribution in [-0.4, -0.2) is 27.4 Å². The zero-order valence-corrected chi connectivity index (χ0v) is 16.4. The molecule has 0 bridgehead atoms. The van der Waals surface area contributed by atoms with E-state index in [1.54, 1.807) is 37.3 Å². The molecule has 2 aromatic rings. The Morgan fingerprint density at radius 3 is 2.63 bits per heavy atom. The van der Waals surface area contributed by atoms with Gasteiger partial charge in [-0.3, -0.25) is 9.52 Å². The average molecular weight is 388 g/mol. The highest BCUT2D eigenvalue weighted by molar-refractivity contribution is 7.92. The monoisotopic (exact) mass is 387 g/mol. The number of hydrogen-bond donors (Lipinski definition) is 3. The Bertz CT molecular complexity index is 935. The van der Waals surface area contributed by atoms with Crippen molar-refractivity contribution in [1.82, 2.24) is 5.32 Å². The van der Waals surface area contributed by atoms with Crippen molar-refractivity contribution in [1.29, 1.82) is 0 Å². The number of piperidine rings is 1. The molecule has 2 aromatic carbocycles. The van der Waals surface area contributed by atoms with Gasteiger partial charge in [0.1, 0.15) is 0 Å². The van der Waals surface area contributed by atoms with E-state index < -0.39 is 10.0 Å². The first-order valence-corrected chi connectivity index (χ1v) is 10.6. The number of carbonyl (C=O) groups is 1. The van der Waals surface area contributed by atoms with Crippen molar-refractivity contribution in [2.75, 3.05) is 23.1 Å². The van der Waals surface area contributed by atoms with Crippen LogP contribution >= 0.6 is 0 Å². The Kier molecular flexibility index (Phi) is 5.82. The molecule has 3 N–H and O–H groups in total. The van der Waals surface area contributed by atoms with Gasteiger partial charge in [0.25, 0.3) is 10.0 Å². The normalized spacial score (nSPS) is 17.3. The third-order valence-electron chi connectivity index (χ3n) is 4.68. The van der Waals surface area contributed by atoms with E-state index in [1.165, 1.54) is 6.07 Å². The molecule has 0 spiro atoms. The molecule has 144 valence electrons. The lowest BCUT2D eigenvalue weighted by molar-refractivity contribution is -0.120. The van der Waals surface area contributed by atoms with E-state index in [1.807, 2.05) is 13.0 Å². The fourth-order valence-electron chi connectivity index (χ4n) is 3.21. The number of amides is 1. The highest BCUT2D eigenvalue weighted by Crippen LogP contribution is 2.24. The van der Waals surface area contributed by atoms with Crippen LogP contribution in [0.4, 0.5) is 11.4 Å². The molecule has 0 aromatic heterocycles. The van der Waals surface area contributed by atoms with Crippen LogP contribution < -0.4 is 15.4 Å². The van der Waals surface area contributed by atoms with Gasteiger partial charge in [-0.15, -0.1) is 0 Å². The number of benzene rings is 2. The first kappa shape index (κ1) is 19.4. The van der Waals surface area contributed by atoms with Crippen molar-refractivity contribution in [3.8, 4) is 0 Å². The molecule has 0 radical (unpaired) electrons. The van der Waals surface area contributed by atoms with E-state index in [0.29, 0.717) is 23.5 Å². The lowest BCUT2D eigenvalue weighted by Crippen LogP contribution is -2.37. The molecule has 1 aliphatic rings. The number of sulfonamides is 1. The van der Waals surface area contributed by atoms with E-state index in [0.717, 1.165) is 24.9 Å². The molecule has 0 aliphatic carbocycles. The number of carbonyl (C=O) groups excluding carboxylic acids is 1. The Hall–Kier alpha value is -2.38. The topological polar surface area (TPSA) is 87.3 Å². The Balaban J connectivity index is 1.80. The summed E-state index contributed by atoms with van der Waals surface area (Å²) in [7, 11) is -3.76. The van der Waals surface area contributed by atoms with Gasteiger partial charge in [0.15, 0.2) is 0 Å². The molecule has 1 heterocycles.